The number of ether oxygens (including phenoxy) is 1. The van der Waals surface area contributed by atoms with E-state index >= 15 is 0 Å². The number of benzene rings is 1. The fourth-order valence-corrected chi connectivity index (χ4v) is 1.63. The molecular formula is C14H17FO2. The van der Waals surface area contributed by atoms with E-state index in [4.69, 9.17) is 4.74 Å². The van der Waals surface area contributed by atoms with Gasteiger partial charge in [0.15, 0.2) is 0 Å². The van der Waals surface area contributed by atoms with E-state index in [1.54, 1.807) is 25.1 Å². The molecule has 0 N–H and O–H groups in total. The Hall–Kier alpha value is -1.64. The third kappa shape index (κ3) is 3.70. The second-order valence-electron chi connectivity index (χ2n) is 3.93. The summed E-state index contributed by atoms with van der Waals surface area (Å²) >= 11 is 0. The molecule has 0 aromatic heterocycles. The zero-order chi connectivity index (χ0) is 12.8. The van der Waals surface area contributed by atoms with Gasteiger partial charge in [0.1, 0.15) is 11.9 Å². The number of hydrogen-bond acceptors (Lipinski definition) is 2. The molecule has 1 aromatic carbocycles. The van der Waals surface area contributed by atoms with Gasteiger partial charge in [-0.2, -0.15) is 0 Å². The fourth-order valence-electron chi connectivity index (χ4n) is 1.63. The summed E-state index contributed by atoms with van der Waals surface area (Å²) in [5.41, 5.74) is 1.47. The minimum absolute atomic E-state index is 0.169. The Morgan fingerprint density at radius 3 is 2.65 bits per heavy atom. The fraction of sp³-hybridized carbons (Fsp3) is 0.357. The van der Waals surface area contributed by atoms with Crippen molar-refractivity contribution >= 4 is 5.97 Å². The maximum Gasteiger partial charge on any atom is 0.306 e. The molecular weight excluding hydrogens is 219 g/mol. The summed E-state index contributed by atoms with van der Waals surface area (Å²) in [6.07, 6.45) is 2.73. The molecule has 1 heterocycles. The van der Waals surface area contributed by atoms with Crippen LogP contribution in [0.1, 0.15) is 37.0 Å². The zero-order valence-electron chi connectivity index (χ0n) is 10.2. The molecule has 0 amide bonds. The molecule has 1 unspecified atom stereocenters. The van der Waals surface area contributed by atoms with Gasteiger partial charge in [0.05, 0.1) is 0 Å². The van der Waals surface area contributed by atoms with Gasteiger partial charge in [-0.1, -0.05) is 12.1 Å². The highest BCUT2D eigenvalue weighted by molar-refractivity contribution is 5.71. The summed E-state index contributed by atoms with van der Waals surface area (Å²) in [5, 5.41) is 0. The van der Waals surface area contributed by atoms with Crippen LogP contribution in [0.15, 0.2) is 30.9 Å². The molecule has 1 atom stereocenters. The average Bonchev–Trinajstić information content (AvgIpc) is 2.70. The Morgan fingerprint density at radius 1 is 1.53 bits per heavy atom. The van der Waals surface area contributed by atoms with Crippen molar-refractivity contribution in [2.45, 2.75) is 32.8 Å². The maximum atomic E-state index is 13.0. The number of aryl methyl sites for hydroxylation is 1. The van der Waals surface area contributed by atoms with Crippen molar-refractivity contribution in [3.63, 3.8) is 0 Å². The molecule has 1 aromatic rings. The molecule has 1 aliphatic heterocycles. The van der Waals surface area contributed by atoms with Gasteiger partial charge in [0.2, 0.25) is 0 Å². The van der Waals surface area contributed by atoms with Crippen LogP contribution in [0.4, 0.5) is 4.39 Å². The van der Waals surface area contributed by atoms with Gasteiger partial charge in [-0.05, 0) is 43.5 Å². The lowest BCUT2D eigenvalue weighted by Crippen LogP contribution is -1.99. The van der Waals surface area contributed by atoms with Crippen molar-refractivity contribution < 1.29 is 13.9 Å². The first kappa shape index (κ1) is 13.4. The molecule has 92 valence electrons. The average molecular weight is 236 g/mol. The van der Waals surface area contributed by atoms with Crippen LogP contribution in [0.3, 0.4) is 0 Å². The SMILES string of the molecule is C=CC.Cc1cc(C2CCC(=O)O2)ccc1F. The minimum atomic E-state index is -0.224. The number of carbonyl (C=O) groups excluding carboxylic acids is 1. The van der Waals surface area contributed by atoms with Gasteiger partial charge in [0.25, 0.3) is 0 Å². The third-order valence-corrected chi connectivity index (χ3v) is 2.44. The van der Waals surface area contributed by atoms with Crippen molar-refractivity contribution in [3.8, 4) is 0 Å². The molecule has 1 saturated heterocycles. The summed E-state index contributed by atoms with van der Waals surface area (Å²) in [4.78, 5) is 10.9. The van der Waals surface area contributed by atoms with Gasteiger partial charge in [0, 0.05) is 6.42 Å². The second-order valence-corrected chi connectivity index (χ2v) is 3.93. The lowest BCUT2D eigenvalue weighted by Gasteiger charge is -2.10. The van der Waals surface area contributed by atoms with Crippen LogP contribution in [0.25, 0.3) is 0 Å². The molecule has 0 saturated carbocycles. The summed E-state index contributed by atoms with van der Waals surface area (Å²) < 4.78 is 18.0. The highest BCUT2D eigenvalue weighted by Crippen LogP contribution is 2.30. The molecule has 2 nitrogen and oxygen atoms in total. The molecule has 17 heavy (non-hydrogen) atoms. The van der Waals surface area contributed by atoms with E-state index in [0.29, 0.717) is 18.4 Å². The monoisotopic (exact) mass is 236 g/mol. The first-order valence-corrected chi connectivity index (χ1v) is 5.61. The van der Waals surface area contributed by atoms with Crippen LogP contribution in [0.5, 0.6) is 0 Å². The molecule has 0 bridgehead atoms. The number of hydrogen-bond donors (Lipinski definition) is 0. The molecule has 2 rings (SSSR count). The van der Waals surface area contributed by atoms with Crippen molar-refractivity contribution in [1.82, 2.24) is 0 Å². The minimum Gasteiger partial charge on any atom is -0.457 e. The largest absolute Gasteiger partial charge is 0.457 e. The predicted molar refractivity (Wildman–Crippen MR) is 65.1 cm³/mol. The van der Waals surface area contributed by atoms with Crippen molar-refractivity contribution in [2.24, 2.45) is 0 Å². The summed E-state index contributed by atoms with van der Waals surface area (Å²) in [6.45, 7) is 6.95. The molecule has 1 aliphatic rings. The van der Waals surface area contributed by atoms with E-state index in [-0.39, 0.29) is 17.9 Å². The van der Waals surface area contributed by atoms with E-state index in [2.05, 4.69) is 6.58 Å². The maximum absolute atomic E-state index is 13.0. The standard InChI is InChI=1S/C11H11FO2.C3H6/c1-7-6-8(2-3-9(7)12)10-4-5-11(13)14-10;1-3-2/h2-3,6,10H,4-5H2,1H3;3H,1H2,2H3. The van der Waals surface area contributed by atoms with E-state index < -0.39 is 0 Å². The van der Waals surface area contributed by atoms with E-state index in [9.17, 15) is 9.18 Å². The quantitative estimate of drug-likeness (QED) is 0.549. The first-order valence-electron chi connectivity index (χ1n) is 5.61. The van der Waals surface area contributed by atoms with Crippen molar-refractivity contribution in [2.75, 3.05) is 0 Å². The van der Waals surface area contributed by atoms with Crippen LogP contribution in [-0.2, 0) is 9.53 Å². The number of rotatable bonds is 1. The number of esters is 1. The van der Waals surface area contributed by atoms with Gasteiger partial charge in [-0.25, -0.2) is 4.39 Å². The number of halogens is 1. The molecule has 0 aliphatic carbocycles. The summed E-state index contributed by atoms with van der Waals surface area (Å²) in [5.74, 6) is -0.393. The van der Waals surface area contributed by atoms with E-state index in [1.807, 2.05) is 6.92 Å². The number of allylic oxidation sites excluding steroid dienone is 1. The zero-order valence-corrected chi connectivity index (χ0v) is 10.2. The second kappa shape index (κ2) is 6.18. The predicted octanol–water partition coefficient (Wildman–Crippen LogP) is 3.70. The van der Waals surface area contributed by atoms with Gasteiger partial charge in [-0.15, -0.1) is 6.58 Å². The summed E-state index contributed by atoms with van der Waals surface area (Å²) in [6, 6.07) is 4.82. The van der Waals surface area contributed by atoms with Crippen LogP contribution in [0, 0.1) is 12.7 Å². The molecule has 1 fully saturated rings. The normalized spacial score (nSPS) is 18.1. The number of carbonyl (C=O) groups is 1. The topological polar surface area (TPSA) is 26.3 Å². The van der Waals surface area contributed by atoms with Gasteiger partial charge >= 0.3 is 5.97 Å². The highest BCUT2D eigenvalue weighted by Gasteiger charge is 2.24. The van der Waals surface area contributed by atoms with E-state index in [0.717, 1.165) is 5.56 Å². The Labute approximate surface area is 101 Å². The smallest absolute Gasteiger partial charge is 0.306 e. The first-order chi connectivity index (χ1) is 8.08. The Balaban J connectivity index is 0.000000437. The molecule has 0 spiro atoms. The van der Waals surface area contributed by atoms with Crippen LogP contribution in [-0.4, -0.2) is 5.97 Å². The summed E-state index contributed by atoms with van der Waals surface area (Å²) in [7, 11) is 0. The third-order valence-electron chi connectivity index (χ3n) is 2.44. The highest BCUT2D eigenvalue weighted by atomic mass is 19.1. The van der Waals surface area contributed by atoms with Gasteiger partial charge < -0.3 is 4.74 Å². The van der Waals surface area contributed by atoms with E-state index in [1.165, 1.54) is 6.07 Å². The van der Waals surface area contributed by atoms with Crippen LogP contribution < -0.4 is 0 Å². The van der Waals surface area contributed by atoms with Crippen LogP contribution >= 0.6 is 0 Å². The lowest BCUT2D eigenvalue weighted by molar-refractivity contribution is -0.141. The number of cyclic esters (lactones) is 1. The van der Waals surface area contributed by atoms with Crippen molar-refractivity contribution in [3.05, 3.63) is 47.8 Å². The van der Waals surface area contributed by atoms with Crippen molar-refractivity contribution in [1.29, 1.82) is 0 Å². The molecule has 3 heteroatoms. The van der Waals surface area contributed by atoms with Crippen LogP contribution in [0.2, 0.25) is 0 Å². The lowest BCUT2D eigenvalue weighted by atomic mass is 10.0. The Bertz CT molecular complexity index is 413. The Morgan fingerprint density at radius 2 is 2.18 bits per heavy atom. The van der Waals surface area contributed by atoms with Gasteiger partial charge in [-0.3, -0.25) is 4.79 Å². The Kier molecular flexibility index (Phi) is 4.88. The molecule has 0 radical (unpaired) electrons.